The molecule has 0 saturated carbocycles. The van der Waals surface area contributed by atoms with Crippen LogP contribution in [0.3, 0.4) is 0 Å². The van der Waals surface area contributed by atoms with Crippen LogP contribution in [0.4, 0.5) is 0 Å². The van der Waals surface area contributed by atoms with Gasteiger partial charge in [-0.05, 0) is 32.5 Å². The van der Waals surface area contributed by atoms with Crippen LogP contribution >= 0.6 is 0 Å². The molecule has 0 heterocycles. The smallest absolute Gasteiger partial charge is 0.00483 e. The van der Waals surface area contributed by atoms with Gasteiger partial charge in [0.15, 0.2) is 0 Å². The molecule has 0 rings (SSSR count). The van der Waals surface area contributed by atoms with Gasteiger partial charge in [-0.2, -0.15) is 0 Å². The summed E-state index contributed by atoms with van der Waals surface area (Å²) in [4.78, 5) is 2.41. The van der Waals surface area contributed by atoms with Crippen molar-refractivity contribution in [2.45, 2.75) is 39.7 Å². The minimum atomic E-state index is 0.399. The Kier molecular flexibility index (Phi) is 6.57. The molecule has 1 atom stereocenters. The summed E-state index contributed by atoms with van der Waals surface area (Å²) in [5.74, 6) is 0. The van der Waals surface area contributed by atoms with Crippen molar-refractivity contribution < 1.29 is 0 Å². The molecule has 0 saturated heterocycles. The average Bonchev–Trinajstić information content (AvgIpc) is 2.06. The molecule has 0 spiro atoms. The number of hydrogen-bond donors (Lipinski definition) is 1. The fraction of sp³-hybridized carbons (Fsp3) is 1.00. The summed E-state index contributed by atoms with van der Waals surface area (Å²) >= 11 is 0. The standard InChI is InChI=1S/C9H22N2/c1-4-9(10)7-8-11(5-2)6-3/h9H,4-8,10H2,1-3H3/t9-/m0/s1. The average molecular weight is 158 g/mol. The van der Waals surface area contributed by atoms with Gasteiger partial charge in [-0.15, -0.1) is 0 Å². The number of nitrogens with zero attached hydrogens (tertiary/aromatic N) is 1. The van der Waals surface area contributed by atoms with Crippen LogP contribution in [0.25, 0.3) is 0 Å². The first-order valence-electron chi connectivity index (χ1n) is 4.72. The zero-order valence-corrected chi connectivity index (χ0v) is 8.14. The second-order valence-corrected chi connectivity index (χ2v) is 2.98. The van der Waals surface area contributed by atoms with Crippen molar-refractivity contribution in [1.29, 1.82) is 0 Å². The van der Waals surface area contributed by atoms with Crippen molar-refractivity contribution in [3.63, 3.8) is 0 Å². The summed E-state index contributed by atoms with van der Waals surface area (Å²) in [5, 5.41) is 0. The lowest BCUT2D eigenvalue weighted by molar-refractivity contribution is 0.289. The highest BCUT2D eigenvalue weighted by Crippen LogP contribution is 1.96. The van der Waals surface area contributed by atoms with Gasteiger partial charge in [0, 0.05) is 6.04 Å². The Labute approximate surface area is 70.8 Å². The SMILES string of the molecule is CC[C@H](N)CCN(CC)CC. The van der Waals surface area contributed by atoms with Crippen LogP contribution in [-0.2, 0) is 0 Å². The molecule has 2 N–H and O–H groups in total. The first-order valence-corrected chi connectivity index (χ1v) is 4.72. The fourth-order valence-corrected chi connectivity index (χ4v) is 1.09. The lowest BCUT2D eigenvalue weighted by Gasteiger charge is -2.19. The van der Waals surface area contributed by atoms with Crippen LogP contribution in [0.15, 0.2) is 0 Å². The first-order chi connectivity index (χ1) is 5.24. The van der Waals surface area contributed by atoms with Gasteiger partial charge in [-0.1, -0.05) is 20.8 Å². The number of rotatable bonds is 6. The summed E-state index contributed by atoms with van der Waals surface area (Å²) in [6.45, 7) is 9.98. The van der Waals surface area contributed by atoms with E-state index in [9.17, 15) is 0 Å². The first kappa shape index (κ1) is 10.9. The van der Waals surface area contributed by atoms with E-state index in [1.165, 1.54) is 0 Å². The van der Waals surface area contributed by atoms with Crippen molar-refractivity contribution in [2.24, 2.45) is 5.73 Å². The lowest BCUT2D eigenvalue weighted by Crippen LogP contribution is -2.29. The minimum Gasteiger partial charge on any atom is -0.328 e. The Morgan fingerprint density at radius 1 is 1.18 bits per heavy atom. The van der Waals surface area contributed by atoms with Crippen molar-refractivity contribution in [3.8, 4) is 0 Å². The third kappa shape index (κ3) is 5.22. The zero-order valence-electron chi connectivity index (χ0n) is 8.14. The van der Waals surface area contributed by atoms with Gasteiger partial charge in [0.05, 0.1) is 0 Å². The van der Waals surface area contributed by atoms with Gasteiger partial charge in [0.2, 0.25) is 0 Å². The molecular weight excluding hydrogens is 136 g/mol. The molecule has 0 fully saturated rings. The molecule has 0 aliphatic carbocycles. The quantitative estimate of drug-likeness (QED) is 0.634. The lowest BCUT2D eigenvalue weighted by atomic mass is 10.1. The molecule has 2 heteroatoms. The monoisotopic (exact) mass is 158 g/mol. The van der Waals surface area contributed by atoms with Crippen molar-refractivity contribution in [1.82, 2.24) is 4.90 Å². The van der Waals surface area contributed by atoms with Crippen LogP contribution in [0.5, 0.6) is 0 Å². The molecule has 0 aliphatic heterocycles. The van der Waals surface area contributed by atoms with E-state index in [1.54, 1.807) is 0 Å². The predicted molar refractivity (Wildman–Crippen MR) is 50.7 cm³/mol. The van der Waals surface area contributed by atoms with E-state index in [0.717, 1.165) is 32.5 Å². The van der Waals surface area contributed by atoms with Gasteiger partial charge in [-0.3, -0.25) is 0 Å². The van der Waals surface area contributed by atoms with Crippen LogP contribution in [0.1, 0.15) is 33.6 Å². The number of nitrogens with two attached hydrogens (primary N) is 1. The highest BCUT2D eigenvalue weighted by atomic mass is 15.1. The van der Waals surface area contributed by atoms with Crippen LogP contribution < -0.4 is 5.73 Å². The van der Waals surface area contributed by atoms with Crippen LogP contribution in [-0.4, -0.2) is 30.6 Å². The van der Waals surface area contributed by atoms with Crippen molar-refractivity contribution in [3.05, 3.63) is 0 Å². The third-order valence-electron chi connectivity index (χ3n) is 2.23. The molecular formula is C9H22N2. The predicted octanol–water partition coefficient (Wildman–Crippen LogP) is 1.46. The van der Waals surface area contributed by atoms with E-state index in [4.69, 9.17) is 5.73 Å². The molecule has 0 amide bonds. The van der Waals surface area contributed by atoms with Gasteiger partial charge >= 0.3 is 0 Å². The summed E-state index contributed by atoms with van der Waals surface area (Å²) in [7, 11) is 0. The minimum absolute atomic E-state index is 0.399. The van der Waals surface area contributed by atoms with E-state index in [1.807, 2.05) is 0 Å². The highest BCUT2D eigenvalue weighted by molar-refractivity contribution is 4.61. The largest absolute Gasteiger partial charge is 0.328 e. The second kappa shape index (κ2) is 6.62. The molecule has 0 radical (unpaired) electrons. The van der Waals surface area contributed by atoms with Gasteiger partial charge in [0.25, 0.3) is 0 Å². The summed E-state index contributed by atoms with van der Waals surface area (Å²) in [6, 6.07) is 0.399. The maximum absolute atomic E-state index is 5.80. The van der Waals surface area contributed by atoms with Crippen LogP contribution in [0.2, 0.25) is 0 Å². The van der Waals surface area contributed by atoms with Gasteiger partial charge < -0.3 is 10.6 Å². The highest BCUT2D eigenvalue weighted by Gasteiger charge is 2.02. The van der Waals surface area contributed by atoms with E-state index in [0.29, 0.717) is 6.04 Å². The fourth-order valence-electron chi connectivity index (χ4n) is 1.09. The van der Waals surface area contributed by atoms with E-state index < -0.39 is 0 Å². The maximum atomic E-state index is 5.80. The molecule has 0 aliphatic rings. The Bertz CT molecular complexity index is 79.6. The molecule has 0 aromatic heterocycles. The summed E-state index contributed by atoms with van der Waals surface area (Å²) < 4.78 is 0. The molecule has 2 nitrogen and oxygen atoms in total. The van der Waals surface area contributed by atoms with Crippen LogP contribution in [0, 0.1) is 0 Å². The maximum Gasteiger partial charge on any atom is 0.00483 e. The topological polar surface area (TPSA) is 29.3 Å². The van der Waals surface area contributed by atoms with Crippen molar-refractivity contribution >= 4 is 0 Å². The third-order valence-corrected chi connectivity index (χ3v) is 2.23. The van der Waals surface area contributed by atoms with Gasteiger partial charge in [-0.25, -0.2) is 0 Å². The molecule has 0 aromatic carbocycles. The Morgan fingerprint density at radius 3 is 2.09 bits per heavy atom. The molecule has 0 bridgehead atoms. The normalized spacial score (nSPS) is 13.9. The Balaban J connectivity index is 3.34. The van der Waals surface area contributed by atoms with Gasteiger partial charge in [0.1, 0.15) is 0 Å². The van der Waals surface area contributed by atoms with E-state index in [-0.39, 0.29) is 0 Å². The zero-order chi connectivity index (χ0) is 8.69. The van der Waals surface area contributed by atoms with Crippen molar-refractivity contribution in [2.75, 3.05) is 19.6 Å². The summed E-state index contributed by atoms with van der Waals surface area (Å²) in [6.07, 6.45) is 2.24. The summed E-state index contributed by atoms with van der Waals surface area (Å²) in [5.41, 5.74) is 5.80. The Hall–Kier alpha value is -0.0800. The molecule has 0 aromatic rings. The van der Waals surface area contributed by atoms with E-state index >= 15 is 0 Å². The van der Waals surface area contributed by atoms with E-state index in [2.05, 4.69) is 25.7 Å². The Morgan fingerprint density at radius 2 is 1.73 bits per heavy atom. The second-order valence-electron chi connectivity index (χ2n) is 2.98. The number of hydrogen-bond acceptors (Lipinski definition) is 2. The molecule has 0 unspecified atom stereocenters. The molecule has 11 heavy (non-hydrogen) atoms. The molecule has 68 valence electrons.